The Morgan fingerprint density at radius 1 is 1.50 bits per heavy atom. The summed E-state index contributed by atoms with van der Waals surface area (Å²) in [4.78, 5) is 0. The summed E-state index contributed by atoms with van der Waals surface area (Å²) in [6, 6.07) is 5.02. The highest BCUT2D eigenvalue weighted by molar-refractivity contribution is 5.13. The van der Waals surface area contributed by atoms with Crippen LogP contribution in [-0.2, 0) is 6.54 Å². The van der Waals surface area contributed by atoms with Crippen LogP contribution < -0.4 is 5.32 Å². The van der Waals surface area contributed by atoms with E-state index in [1.54, 1.807) is 0 Å². The SMILES string of the molecule is CCCCCC1NCCn2cccc21. The van der Waals surface area contributed by atoms with E-state index in [1.165, 1.54) is 31.4 Å². The third-order valence-electron chi connectivity index (χ3n) is 3.06. The number of nitrogens with one attached hydrogen (secondary N) is 1. The van der Waals surface area contributed by atoms with E-state index in [2.05, 4.69) is 35.1 Å². The Balaban J connectivity index is 1.94. The second-order valence-electron chi connectivity index (χ2n) is 4.13. The van der Waals surface area contributed by atoms with Crippen molar-refractivity contribution >= 4 is 0 Å². The van der Waals surface area contributed by atoms with E-state index in [1.807, 2.05) is 0 Å². The van der Waals surface area contributed by atoms with Gasteiger partial charge in [0.25, 0.3) is 0 Å². The van der Waals surface area contributed by atoms with Gasteiger partial charge in [-0.25, -0.2) is 0 Å². The van der Waals surface area contributed by atoms with Gasteiger partial charge in [0.15, 0.2) is 0 Å². The monoisotopic (exact) mass is 192 g/mol. The van der Waals surface area contributed by atoms with Gasteiger partial charge >= 0.3 is 0 Å². The maximum atomic E-state index is 3.60. The van der Waals surface area contributed by atoms with Crippen LogP contribution in [0.5, 0.6) is 0 Å². The Labute approximate surface area is 86.3 Å². The molecule has 2 heterocycles. The smallest absolute Gasteiger partial charge is 0.0475 e. The molecule has 0 bridgehead atoms. The normalized spacial score (nSPS) is 20.8. The maximum absolute atomic E-state index is 3.60. The van der Waals surface area contributed by atoms with E-state index in [9.17, 15) is 0 Å². The van der Waals surface area contributed by atoms with Gasteiger partial charge in [0.1, 0.15) is 0 Å². The first-order chi connectivity index (χ1) is 6.92. The Hall–Kier alpha value is -0.760. The van der Waals surface area contributed by atoms with Gasteiger partial charge in [-0.1, -0.05) is 26.2 Å². The number of nitrogens with zero attached hydrogens (tertiary/aromatic N) is 1. The highest BCUT2D eigenvalue weighted by Gasteiger charge is 2.17. The third kappa shape index (κ3) is 2.01. The molecule has 0 spiro atoms. The van der Waals surface area contributed by atoms with Crippen molar-refractivity contribution < 1.29 is 0 Å². The Kier molecular flexibility index (Phi) is 3.25. The molecule has 0 radical (unpaired) electrons. The maximum Gasteiger partial charge on any atom is 0.0475 e. The summed E-state index contributed by atoms with van der Waals surface area (Å²) < 4.78 is 2.38. The number of rotatable bonds is 4. The van der Waals surface area contributed by atoms with Crippen molar-refractivity contribution in [3.63, 3.8) is 0 Å². The van der Waals surface area contributed by atoms with E-state index >= 15 is 0 Å². The summed E-state index contributed by atoms with van der Waals surface area (Å²) in [5.74, 6) is 0. The van der Waals surface area contributed by atoms with Crippen LogP contribution in [0.25, 0.3) is 0 Å². The van der Waals surface area contributed by atoms with Crippen LogP contribution in [0.15, 0.2) is 18.3 Å². The molecule has 1 aliphatic rings. The lowest BCUT2D eigenvalue weighted by Crippen LogP contribution is -2.32. The summed E-state index contributed by atoms with van der Waals surface area (Å²) in [5, 5.41) is 3.60. The van der Waals surface area contributed by atoms with Crippen molar-refractivity contribution in [1.29, 1.82) is 0 Å². The number of hydrogen-bond donors (Lipinski definition) is 1. The summed E-state index contributed by atoms with van der Waals surface area (Å²) >= 11 is 0. The van der Waals surface area contributed by atoms with Gasteiger partial charge in [0.2, 0.25) is 0 Å². The molecule has 2 nitrogen and oxygen atoms in total. The number of hydrogen-bond acceptors (Lipinski definition) is 1. The lowest BCUT2D eigenvalue weighted by molar-refractivity contribution is 0.394. The second kappa shape index (κ2) is 4.65. The molecule has 0 aromatic carbocycles. The average molecular weight is 192 g/mol. The van der Waals surface area contributed by atoms with Crippen LogP contribution in [0.2, 0.25) is 0 Å². The Morgan fingerprint density at radius 2 is 2.43 bits per heavy atom. The predicted molar refractivity (Wildman–Crippen MR) is 59.3 cm³/mol. The molecule has 78 valence electrons. The fourth-order valence-corrected chi connectivity index (χ4v) is 2.26. The van der Waals surface area contributed by atoms with E-state index in [4.69, 9.17) is 0 Å². The van der Waals surface area contributed by atoms with E-state index < -0.39 is 0 Å². The standard InChI is InChI=1S/C12H20N2/c1-2-3-4-6-11-12-7-5-9-14(12)10-8-13-11/h5,7,9,11,13H,2-4,6,8,10H2,1H3. The van der Waals surface area contributed by atoms with Gasteiger partial charge in [-0.05, 0) is 18.6 Å². The number of aromatic nitrogens is 1. The molecule has 1 unspecified atom stereocenters. The zero-order valence-electron chi connectivity index (χ0n) is 9.00. The zero-order valence-corrected chi connectivity index (χ0v) is 9.00. The molecule has 0 fully saturated rings. The lowest BCUT2D eigenvalue weighted by atomic mass is 10.0. The molecule has 1 aliphatic heterocycles. The van der Waals surface area contributed by atoms with Gasteiger partial charge in [-0.3, -0.25) is 0 Å². The molecule has 0 aliphatic carbocycles. The fraction of sp³-hybridized carbons (Fsp3) is 0.667. The van der Waals surface area contributed by atoms with Crippen LogP contribution in [0, 0.1) is 0 Å². The molecule has 1 aromatic rings. The molecule has 0 saturated heterocycles. The van der Waals surface area contributed by atoms with Crippen LogP contribution in [-0.4, -0.2) is 11.1 Å². The number of fused-ring (bicyclic) bond motifs is 1. The highest BCUT2D eigenvalue weighted by Crippen LogP contribution is 2.22. The minimum atomic E-state index is 0.602. The topological polar surface area (TPSA) is 17.0 Å². The summed E-state index contributed by atoms with van der Waals surface area (Å²) in [5.41, 5.74) is 1.48. The molecular formula is C12H20N2. The minimum Gasteiger partial charge on any atom is -0.349 e. The van der Waals surface area contributed by atoms with E-state index in [0.29, 0.717) is 6.04 Å². The molecule has 2 rings (SSSR count). The summed E-state index contributed by atoms with van der Waals surface area (Å²) in [6.07, 6.45) is 7.51. The van der Waals surface area contributed by atoms with Crippen LogP contribution in [0.4, 0.5) is 0 Å². The molecule has 0 saturated carbocycles. The third-order valence-corrected chi connectivity index (χ3v) is 3.06. The van der Waals surface area contributed by atoms with E-state index in [-0.39, 0.29) is 0 Å². The Morgan fingerprint density at radius 3 is 3.29 bits per heavy atom. The largest absolute Gasteiger partial charge is 0.349 e. The quantitative estimate of drug-likeness (QED) is 0.726. The van der Waals surface area contributed by atoms with Crippen molar-refractivity contribution in [1.82, 2.24) is 9.88 Å². The Bertz CT molecular complexity index is 278. The fourth-order valence-electron chi connectivity index (χ4n) is 2.26. The van der Waals surface area contributed by atoms with Crippen LogP contribution in [0.3, 0.4) is 0 Å². The molecule has 1 N–H and O–H groups in total. The number of unbranched alkanes of at least 4 members (excludes halogenated alkanes) is 2. The van der Waals surface area contributed by atoms with Crippen LogP contribution in [0.1, 0.15) is 44.3 Å². The lowest BCUT2D eigenvalue weighted by Gasteiger charge is -2.26. The second-order valence-corrected chi connectivity index (χ2v) is 4.13. The first-order valence-electron chi connectivity index (χ1n) is 5.80. The molecular weight excluding hydrogens is 172 g/mol. The van der Waals surface area contributed by atoms with Crippen molar-refractivity contribution in [3.8, 4) is 0 Å². The van der Waals surface area contributed by atoms with Gasteiger partial charge < -0.3 is 9.88 Å². The van der Waals surface area contributed by atoms with Gasteiger partial charge in [0, 0.05) is 31.0 Å². The summed E-state index contributed by atoms with van der Waals surface area (Å²) in [7, 11) is 0. The van der Waals surface area contributed by atoms with E-state index in [0.717, 1.165) is 13.1 Å². The van der Waals surface area contributed by atoms with Crippen molar-refractivity contribution in [3.05, 3.63) is 24.0 Å². The average Bonchev–Trinajstić information content (AvgIpc) is 2.67. The first-order valence-corrected chi connectivity index (χ1v) is 5.80. The van der Waals surface area contributed by atoms with Gasteiger partial charge in [0.05, 0.1) is 0 Å². The molecule has 14 heavy (non-hydrogen) atoms. The van der Waals surface area contributed by atoms with Gasteiger partial charge in [-0.15, -0.1) is 0 Å². The van der Waals surface area contributed by atoms with Crippen molar-refractivity contribution in [2.24, 2.45) is 0 Å². The van der Waals surface area contributed by atoms with Gasteiger partial charge in [-0.2, -0.15) is 0 Å². The zero-order chi connectivity index (χ0) is 9.80. The minimum absolute atomic E-state index is 0.602. The van der Waals surface area contributed by atoms with Crippen molar-refractivity contribution in [2.45, 2.75) is 45.2 Å². The highest BCUT2D eigenvalue weighted by atomic mass is 15.1. The molecule has 2 heteroatoms. The molecule has 1 aromatic heterocycles. The molecule has 0 amide bonds. The first kappa shape index (κ1) is 9.78. The van der Waals surface area contributed by atoms with Crippen molar-refractivity contribution in [2.75, 3.05) is 6.54 Å². The molecule has 1 atom stereocenters. The van der Waals surface area contributed by atoms with Crippen LogP contribution >= 0.6 is 0 Å². The predicted octanol–water partition coefficient (Wildman–Crippen LogP) is 2.71. The summed E-state index contributed by atoms with van der Waals surface area (Å²) in [6.45, 7) is 4.52.